The molecule has 0 bridgehead atoms. The number of ether oxygens (including phenoxy) is 2. The summed E-state index contributed by atoms with van der Waals surface area (Å²) in [7, 11) is 0. The Bertz CT molecular complexity index is 3010. The van der Waals surface area contributed by atoms with E-state index in [0.717, 1.165) is 21.5 Å². The van der Waals surface area contributed by atoms with Gasteiger partial charge in [0.15, 0.2) is 5.60 Å². The minimum Gasteiger partial charge on any atom is -0.481 e. The SMILES string of the molecule is CC[C@@]1(O)C(=O)OCc2c1cc1n(c2=O)Cc2c-1nc1ccc(Br)cc1c2CNC(=O)OCc1ccc(NC(=O)[C@H](CCC(=O)O)NC(=O)[C@H](C)NC(=O)C(CC(C)C)NC(=O)CCN2C(=O)C=CC2=O)cc1. The monoisotopic (exact) mass is 1070 g/mol. The number of imide groups is 1. The third kappa shape index (κ3) is 11.9. The first-order valence-electron chi connectivity index (χ1n) is 23.4. The normalized spacial score (nSPS) is 16.7. The van der Waals surface area contributed by atoms with Gasteiger partial charge in [0, 0.05) is 64.8 Å². The van der Waals surface area contributed by atoms with Crippen LogP contribution in [0.1, 0.15) is 87.6 Å². The Kier molecular flexibility index (Phi) is 16.2. The van der Waals surface area contributed by atoms with Gasteiger partial charge in [-0.25, -0.2) is 14.6 Å². The number of pyridine rings is 2. The zero-order chi connectivity index (χ0) is 52.9. The molecule has 7 rings (SSSR count). The summed E-state index contributed by atoms with van der Waals surface area (Å²) in [6.45, 7) is 6.01. The molecule has 0 saturated heterocycles. The summed E-state index contributed by atoms with van der Waals surface area (Å²) in [5.41, 5.74) is 1.46. The number of aliphatic carboxylic acids is 1. The lowest BCUT2D eigenvalue weighted by molar-refractivity contribution is -0.172. The molecule has 3 aliphatic heterocycles. The molecule has 7 N–H and O–H groups in total. The first-order valence-corrected chi connectivity index (χ1v) is 24.2. The zero-order valence-corrected chi connectivity index (χ0v) is 41.8. The van der Waals surface area contributed by atoms with Gasteiger partial charge >= 0.3 is 18.0 Å². The van der Waals surface area contributed by atoms with Gasteiger partial charge in [0.2, 0.25) is 23.6 Å². The highest BCUT2D eigenvalue weighted by Gasteiger charge is 2.45. The molecule has 73 heavy (non-hydrogen) atoms. The van der Waals surface area contributed by atoms with Crippen molar-refractivity contribution < 1.29 is 62.8 Å². The van der Waals surface area contributed by atoms with E-state index in [2.05, 4.69) is 42.5 Å². The number of esters is 1. The van der Waals surface area contributed by atoms with E-state index in [1.165, 1.54) is 23.6 Å². The number of anilines is 1. The minimum absolute atomic E-state index is 0.0143. The number of amides is 7. The maximum absolute atomic E-state index is 13.8. The van der Waals surface area contributed by atoms with Gasteiger partial charge in [-0.3, -0.25) is 43.3 Å². The number of benzene rings is 2. The summed E-state index contributed by atoms with van der Waals surface area (Å²) >= 11 is 3.51. The van der Waals surface area contributed by atoms with Crippen molar-refractivity contribution in [2.45, 2.75) is 110 Å². The molecule has 23 heteroatoms. The molecule has 22 nitrogen and oxygen atoms in total. The average molecular weight is 1070 g/mol. The molecule has 5 heterocycles. The first-order chi connectivity index (χ1) is 34.7. The highest BCUT2D eigenvalue weighted by Crippen LogP contribution is 2.40. The number of hydrogen-bond acceptors (Lipinski definition) is 14. The Hall–Kier alpha value is -7.79. The van der Waals surface area contributed by atoms with Crippen LogP contribution in [0.25, 0.3) is 22.3 Å². The molecule has 0 aliphatic carbocycles. The summed E-state index contributed by atoms with van der Waals surface area (Å²) in [4.78, 5) is 134. The predicted molar refractivity (Wildman–Crippen MR) is 263 cm³/mol. The summed E-state index contributed by atoms with van der Waals surface area (Å²) in [6.07, 6.45) is 0.522. The molecular formula is C50H53BrN8O14. The van der Waals surface area contributed by atoms with E-state index in [-0.39, 0.29) is 81.3 Å². The van der Waals surface area contributed by atoms with E-state index < -0.39 is 89.2 Å². The fourth-order valence-electron chi connectivity index (χ4n) is 8.66. The molecule has 2 aromatic carbocycles. The Labute approximate surface area is 425 Å². The number of fused-ring (bicyclic) bond motifs is 5. The Morgan fingerprint density at radius 1 is 0.877 bits per heavy atom. The molecule has 1 unspecified atom stereocenters. The number of carboxylic acids is 1. The summed E-state index contributed by atoms with van der Waals surface area (Å²) in [5.74, 6) is -6.13. The fourth-order valence-corrected chi connectivity index (χ4v) is 9.02. The Morgan fingerprint density at radius 2 is 1.59 bits per heavy atom. The highest BCUT2D eigenvalue weighted by atomic mass is 79.9. The number of carbonyl (C=O) groups is 9. The van der Waals surface area contributed by atoms with Crippen molar-refractivity contribution in [1.29, 1.82) is 0 Å². The van der Waals surface area contributed by atoms with Crippen molar-refractivity contribution >= 4 is 86.0 Å². The van der Waals surface area contributed by atoms with E-state index in [1.54, 1.807) is 37.3 Å². The standard InChI is InChI=1S/C50H53BrN8O14/c1-5-50(71)34-20-38-43-32(22-59(38)47(68)33(34)24-72-48(50)69)31(30-19-28(51)8-11-35(30)56-43)21-52-49(70)73-23-27-6-9-29(10-7-27)54-45(66)36(12-15-42(63)64)57-44(65)26(4)53-46(67)37(18-25(2)3)55-39(60)16-17-58-40(61)13-14-41(58)62/h6-11,13-14,19-20,25-26,36-37,71H,5,12,15-18,21-24H2,1-4H3,(H,52,70)(H,53,67)(H,54,66)(H,55,60)(H,57,65)(H,63,64)/t26-,36-,37?,50-/m0/s1. The van der Waals surface area contributed by atoms with Crippen LogP contribution in [0.4, 0.5) is 10.5 Å². The Balaban J connectivity index is 0.946. The maximum atomic E-state index is 13.8. The van der Waals surface area contributed by atoms with E-state index in [4.69, 9.17) is 14.5 Å². The quantitative estimate of drug-likeness (QED) is 0.0436. The largest absolute Gasteiger partial charge is 0.481 e. The number of halogens is 1. The molecule has 2 aromatic heterocycles. The lowest BCUT2D eigenvalue weighted by Gasteiger charge is -2.31. The second-order valence-electron chi connectivity index (χ2n) is 18.2. The van der Waals surface area contributed by atoms with Crippen molar-refractivity contribution in [3.8, 4) is 11.4 Å². The molecule has 4 aromatic rings. The Morgan fingerprint density at radius 3 is 2.26 bits per heavy atom. The lowest BCUT2D eigenvalue weighted by Crippen LogP contribution is -2.55. The number of hydrogen-bond donors (Lipinski definition) is 7. The molecular weight excluding hydrogens is 1020 g/mol. The molecule has 0 spiro atoms. The zero-order valence-electron chi connectivity index (χ0n) is 40.2. The van der Waals surface area contributed by atoms with Crippen molar-refractivity contribution in [3.63, 3.8) is 0 Å². The van der Waals surface area contributed by atoms with Gasteiger partial charge in [-0.2, -0.15) is 0 Å². The summed E-state index contributed by atoms with van der Waals surface area (Å²) in [6, 6.07) is 9.54. The predicted octanol–water partition coefficient (Wildman–Crippen LogP) is 2.91. The van der Waals surface area contributed by atoms with Gasteiger partial charge in [0.1, 0.15) is 31.3 Å². The van der Waals surface area contributed by atoms with Crippen molar-refractivity contribution in [2.75, 3.05) is 11.9 Å². The van der Waals surface area contributed by atoms with Gasteiger partial charge in [-0.15, -0.1) is 0 Å². The van der Waals surface area contributed by atoms with E-state index in [9.17, 15) is 58.2 Å². The molecule has 3 aliphatic rings. The van der Waals surface area contributed by atoms with Crippen molar-refractivity contribution in [2.24, 2.45) is 5.92 Å². The summed E-state index contributed by atoms with van der Waals surface area (Å²) in [5, 5.41) is 34.4. The van der Waals surface area contributed by atoms with Crippen LogP contribution < -0.4 is 32.1 Å². The second-order valence-corrected chi connectivity index (χ2v) is 19.1. The number of alkyl carbamates (subject to hydrolysis) is 1. The van der Waals surface area contributed by atoms with Crippen LogP contribution in [0.5, 0.6) is 0 Å². The van der Waals surface area contributed by atoms with Gasteiger partial charge in [0.25, 0.3) is 17.4 Å². The van der Waals surface area contributed by atoms with E-state index >= 15 is 0 Å². The van der Waals surface area contributed by atoms with Crippen LogP contribution in [0.2, 0.25) is 0 Å². The second kappa shape index (κ2) is 22.3. The minimum atomic E-state index is -2.00. The van der Waals surface area contributed by atoms with Crippen LogP contribution in [0.15, 0.2) is 70.0 Å². The number of aliphatic hydroxyl groups is 1. The fraction of sp³-hybridized carbons (Fsp3) is 0.380. The smallest absolute Gasteiger partial charge is 0.407 e. The third-order valence-corrected chi connectivity index (χ3v) is 13.1. The lowest BCUT2D eigenvalue weighted by atomic mass is 9.86. The van der Waals surface area contributed by atoms with Gasteiger partial charge < -0.3 is 50.8 Å². The molecule has 0 radical (unpaired) electrons. The topological polar surface area (TPSA) is 311 Å². The van der Waals surface area contributed by atoms with Gasteiger partial charge in [-0.1, -0.05) is 48.8 Å². The van der Waals surface area contributed by atoms with E-state index in [0.29, 0.717) is 39.0 Å². The van der Waals surface area contributed by atoms with Crippen LogP contribution >= 0.6 is 15.9 Å². The third-order valence-electron chi connectivity index (χ3n) is 12.6. The van der Waals surface area contributed by atoms with Crippen LogP contribution in [-0.2, 0) is 79.7 Å². The number of aromatic nitrogens is 2. The van der Waals surface area contributed by atoms with Crippen LogP contribution in [-0.4, -0.2) is 103 Å². The van der Waals surface area contributed by atoms with Gasteiger partial charge in [-0.05, 0) is 79.6 Å². The van der Waals surface area contributed by atoms with E-state index in [1.807, 2.05) is 19.9 Å². The van der Waals surface area contributed by atoms with Crippen molar-refractivity contribution in [1.82, 2.24) is 35.7 Å². The number of nitrogens with one attached hydrogen (secondary N) is 5. The molecule has 0 saturated carbocycles. The number of carbonyl (C=O) groups excluding carboxylic acids is 8. The average Bonchev–Trinajstić information content (AvgIpc) is 3.88. The highest BCUT2D eigenvalue weighted by molar-refractivity contribution is 9.10. The van der Waals surface area contributed by atoms with Crippen LogP contribution in [0, 0.1) is 5.92 Å². The number of cyclic esters (lactones) is 1. The number of rotatable bonds is 20. The molecule has 7 amide bonds. The maximum Gasteiger partial charge on any atom is 0.407 e. The van der Waals surface area contributed by atoms with Crippen LogP contribution in [0.3, 0.4) is 0 Å². The summed E-state index contributed by atoms with van der Waals surface area (Å²) < 4.78 is 13.0. The molecule has 4 atom stereocenters. The molecule has 384 valence electrons. The van der Waals surface area contributed by atoms with Crippen molar-refractivity contribution in [3.05, 3.63) is 103 Å². The first kappa shape index (κ1) is 53.0. The number of nitrogens with zero attached hydrogens (tertiary/aromatic N) is 3. The van der Waals surface area contributed by atoms with Gasteiger partial charge in [0.05, 0.1) is 29.0 Å². The molecule has 0 fully saturated rings. The number of carboxylic acid groups (broad SMARTS) is 1.